The number of aromatic nitrogens is 2. The van der Waals surface area contributed by atoms with Gasteiger partial charge in [-0.2, -0.15) is 0 Å². The van der Waals surface area contributed by atoms with E-state index >= 15 is 0 Å². The minimum absolute atomic E-state index is 0. The van der Waals surface area contributed by atoms with Crippen molar-refractivity contribution in [1.29, 1.82) is 0 Å². The first-order valence-corrected chi connectivity index (χ1v) is 10.0. The molecule has 2 saturated heterocycles. The number of benzene rings is 1. The van der Waals surface area contributed by atoms with Crippen molar-refractivity contribution in [2.24, 2.45) is 5.92 Å². The fraction of sp³-hybridized carbons (Fsp3) is 0.524. The molecule has 29 heavy (non-hydrogen) atoms. The number of hydrogen-bond acceptors (Lipinski definition) is 3. The number of aromatic amines is 1. The molecule has 0 bridgehead atoms. The van der Waals surface area contributed by atoms with Crippen LogP contribution in [-0.4, -0.2) is 40.4 Å². The van der Waals surface area contributed by atoms with Crippen LogP contribution >= 0.6 is 24.8 Å². The molecule has 8 heteroatoms. The van der Waals surface area contributed by atoms with Crippen molar-refractivity contribution >= 4 is 30.7 Å². The monoisotopic (exact) mass is 442 g/mol. The third kappa shape index (κ3) is 5.71. The van der Waals surface area contributed by atoms with Gasteiger partial charge in [0.2, 0.25) is 5.91 Å². The second-order valence-electron chi connectivity index (χ2n) is 7.67. The zero-order valence-corrected chi connectivity index (χ0v) is 18.0. The minimum Gasteiger partial charge on any atom is -0.340 e. The lowest BCUT2D eigenvalue weighted by atomic mass is 9.93. The Morgan fingerprint density at radius 2 is 1.86 bits per heavy atom. The Balaban J connectivity index is 0.00000150. The lowest BCUT2D eigenvalue weighted by molar-refractivity contribution is -0.132. The van der Waals surface area contributed by atoms with Crippen LogP contribution in [0.25, 0.3) is 11.3 Å². The molecule has 2 aliphatic heterocycles. The second-order valence-corrected chi connectivity index (χ2v) is 7.67. The average molecular weight is 443 g/mol. The Morgan fingerprint density at radius 3 is 2.59 bits per heavy atom. The van der Waals surface area contributed by atoms with E-state index in [0.29, 0.717) is 12.3 Å². The lowest BCUT2D eigenvalue weighted by Gasteiger charge is -2.26. The van der Waals surface area contributed by atoms with Crippen molar-refractivity contribution in [3.63, 3.8) is 0 Å². The van der Waals surface area contributed by atoms with Crippen molar-refractivity contribution in [3.05, 3.63) is 42.1 Å². The first-order chi connectivity index (χ1) is 13.2. The Kier molecular flexibility index (Phi) is 8.93. The maximum atomic E-state index is 13.1. The van der Waals surface area contributed by atoms with E-state index in [0.717, 1.165) is 56.0 Å². The van der Waals surface area contributed by atoms with Crippen LogP contribution in [0.2, 0.25) is 0 Å². The van der Waals surface area contributed by atoms with E-state index in [2.05, 4.69) is 15.3 Å². The molecule has 0 saturated carbocycles. The quantitative estimate of drug-likeness (QED) is 0.715. The number of piperidine rings is 1. The first kappa shape index (κ1) is 23.6. The highest BCUT2D eigenvalue weighted by Crippen LogP contribution is 2.32. The summed E-state index contributed by atoms with van der Waals surface area (Å²) in [5.41, 5.74) is 1.76. The normalized spacial score (nSPS) is 19.5. The fourth-order valence-electron chi connectivity index (χ4n) is 4.27. The van der Waals surface area contributed by atoms with Crippen molar-refractivity contribution in [3.8, 4) is 11.3 Å². The third-order valence-corrected chi connectivity index (χ3v) is 5.86. The summed E-state index contributed by atoms with van der Waals surface area (Å²) in [6.07, 6.45) is 7.70. The summed E-state index contributed by atoms with van der Waals surface area (Å²) in [6.45, 7) is 2.95. The minimum atomic E-state index is -0.250. The fourth-order valence-corrected chi connectivity index (χ4v) is 4.27. The zero-order valence-electron chi connectivity index (χ0n) is 16.4. The van der Waals surface area contributed by atoms with E-state index in [9.17, 15) is 9.18 Å². The van der Waals surface area contributed by atoms with Gasteiger partial charge in [0, 0.05) is 13.0 Å². The van der Waals surface area contributed by atoms with Crippen molar-refractivity contribution < 1.29 is 9.18 Å². The highest BCUT2D eigenvalue weighted by molar-refractivity contribution is 5.85. The molecule has 4 rings (SSSR count). The van der Waals surface area contributed by atoms with E-state index < -0.39 is 0 Å². The molecule has 1 atom stereocenters. The Hall–Kier alpha value is -1.63. The number of nitrogens with one attached hydrogen (secondary N) is 2. The molecule has 0 radical (unpaired) electrons. The summed E-state index contributed by atoms with van der Waals surface area (Å²) < 4.78 is 13.1. The van der Waals surface area contributed by atoms with Crippen LogP contribution in [0.3, 0.4) is 0 Å². The van der Waals surface area contributed by atoms with Crippen LogP contribution in [0.4, 0.5) is 4.39 Å². The summed E-state index contributed by atoms with van der Waals surface area (Å²) in [7, 11) is 0. The van der Waals surface area contributed by atoms with Gasteiger partial charge in [-0.3, -0.25) is 4.79 Å². The van der Waals surface area contributed by atoms with Gasteiger partial charge >= 0.3 is 0 Å². The van der Waals surface area contributed by atoms with Gasteiger partial charge in [-0.1, -0.05) is 0 Å². The molecular weight excluding hydrogens is 414 g/mol. The van der Waals surface area contributed by atoms with Crippen LogP contribution in [0, 0.1) is 11.7 Å². The molecule has 1 amide bonds. The van der Waals surface area contributed by atoms with E-state index in [4.69, 9.17) is 0 Å². The molecule has 0 spiro atoms. The van der Waals surface area contributed by atoms with Gasteiger partial charge in [0.25, 0.3) is 0 Å². The average Bonchev–Trinajstić information content (AvgIpc) is 3.37. The highest BCUT2D eigenvalue weighted by atomic mass is 35.5. The van der Waals surface area contributed by atoms with Crippen LogP contribution < -0.4 is 5.32 Å². The number of H-pyrrole nitrogens is 1. The predicted octanol–water partition coefficient (Wildman–Crippen LogP) is 4.50. The molecular formula is C21H29Cl2FN4O. The Morgan fingerprint density at radius 1 is 1.14 bits per heavy atom. The molecule has 1 aromatic carbocycles. The van der Waals surface area contributed by atoms with Gasteiger partial charge in [0.05, 0.1) is 17.9 Å². The number of halogens is 3. The van der Waals surface area contributed by atoms with Crippen molar-refractivity contribution in [2.45, 2.75) is 44.6 Å². The van der Waals surface area contributed by atoms with Crippen molar-refractivity contribution in [2.75, 3.05) is 19.6 Å². The number of nitrogens with zero attached hydrogens (tertiary/aromatic N) is 2. The van der Waals surface area contributed by atoms with Gasteiger partial charge in [0.1, 0.15) is 11.6 Å². The summed E-state index contributed by atoms with van der Waals surface area (Å²) in [5.74, 6) is 1.50. The molecule has 2 aliphatic rings. The summed E-state index contributed by atoms with van der Waals surface area (Å²) >= 11 is 0. The predicted molar refractivity (Wildman–Crippen MR) is 117 cm³/mol. The lowest BCUT2D eigenvalue weighted by Crippen LogP contribution is -2.32. The van der Waals surface area contributed by atoms with E-state index in [1.807, 2.05) is 4.90 Å². The maximum Gasteiger partial charge on any atom is 0.223 e. The van der Waals surface area contributed by atoms with Gasteiger partial charge in [0.15, 0.2) is 0 Å². The van der Waals surface area contributed by atoms with Gasteiger partial charge in [-0.25, -0.2) is 9.37 Å². The number of carbonyl (C=O) groups is 1. The molecule has 2 fully saturated rings. The standard InChI is InChI=1S/C21H27FN4O.2ClH/c22-17-6-4-16(5-7-17)18-14-24-21(25-18)19-2-1-13-26(19)20(27)8-3-15-9-11-23-12-10-15;;/h4-7,14-15,19,23H,1-3,8-13H2,(H,24,25);2*1H. The highest BCUT2D eigenvalue weighted by Gasteiger charge is 2.32. The van der Waals surface area contributed by atoms with Gasteiger partial charge in [-0.15, -0.1) is 24.8 Å². The number of rotatable bonds is 5. The van der Waals surface area contributed by atoms with Gasteiger partial charge < -0.3 is 15.2 Å². The summed E-state index contributed by atoms with van der Waals surface area (Å²) in [5, 5.41) is 3.38. The topological polar surface area (TPSA) is 61.0 Å². The Bertz CT molecular complexity index is 777. The first-order valence-electron chi connectivity index (χ1n) is 10.0. The largest absolute Gasteiger partial charge is 0.340 e. The molecule has 0 aliphatic carbocycles. The smallest absolute Gasteiger partial charge is 0.223 e. The van der Waals surface area contributed by atoms with Gasteiger partial charge in [-0.05, 0) is 80.9 Å². The van der Waals surface area contributed by atoms with E-state index in [1.165, 1.54) is 25.0 Å². The summed E-state index contributed by atoms with van der Waals surface area (Å²) in [6, 6.07) is 6.40. The molecule has 1 unspecified atom stereocenters. The third-order valence-electron chi connectivity index (χ3n) is 5.86. The van der Waals surface area contributed by atoms with Crippen LogP contribution in [0.15, 0.2) is 30.5 Å². The molecule has 5 nitrogen and oxygen atoms in total. The second kappa shape index (κ2) is 11.0. The molecule has 2 N–H and O–H groups in total. The maximum absolute atomic E-state index is 13.1. The Labute approximate surface area is 183 Å². The SMILES string of the molecule is Cl.Cl.O=C(CCC1CCNCC1)N1CCCC1c1ncc(-c2ccc(F)cc2)[nH]1. The molecule has 160 valence electrons. The molecule has 2 aromatic rings. The number of carbonyl (C=O) groups excluding carboxylic acids is 1. The number of amides is 1. The number of imidazole rings is 1. The molecule has 3 heterocycles. The van der Waals surface area contributed by atoms with Crippen LogP contribution in [-0.2, 0) is 4.79 Å². The molecule has 1 aromatic heterocycles. The van der Waals surface area contributed by atoms with E-state index in [-0.39, 0.29) is 42.6 Å². The van der Waals surface area contributed by atoms with Crippen LogP contribution in [0.1, 0.15) is 50.4 Å². The van der Waals surface area contributed by atoms with Crippen molar-refractivity contribution in [1.82, 2.24) is 20.2 Å². The number of likely N-dealkylation sites (tertiary alicyclic amines) is 1. The summed E-state index contributed by atoms with van der Waals surface area (Å²) in [4.78, 5) is 22.7. The van der Waals surface area contributed by atoms with E-state index in [1.54, 1.807) is 18.3 Å². The zero-order chi connectivity index (χ0) is 18.6. The number of hydrogen-bond donors (Lipinski definition) is 2. The van der Waals surface area contributed by atoms with Crippen LogP contribution in [0.5, 0.6) is 0 Å².